The molecular weight excluding hydrogens is 348 g/mol. The summed E-state index contributed by atoms with van der Waals surface area (Å²) in [6.07, 6.45) is -0.618. The number of fused-ring (bicyclic) bond motifs is 1. The Hall–Kier alpha value is -3.42. The summed E-state index contributed by atoms with van der Waals surface area (Å²) in [5, 5.41) is 20.3. The molecule has 0 atom stereocenters. The summed E-state index contributed by atoms with van der Waals surface area (Å²) in [6, 6.07) is 12.6. The van der Waals surface area contributed by atoms with Crippen LogP contribution in [0.25, 0.3) is 10.9 Å². The minimum absolute atomic E-state index is 0.335. The van der Waals surface area contributed by atoms with Crippen molar-refractivity contribution in [2.45, 2.75) is 6.92 Å². The summed E-state index contributed by atoms with van der Waals surface area (Å²) in [7, 11) is 0. The highest BCUT2D eigenvalue weighted by atomic mass is 16.7. The van der Waals surface area contributed by atoms with Crippen LogP contribution in [0.5, 0.6) is 11.8 Å². The Morgan fingerprint density at radius 3 is 2.41 bits per heavy atom. The molecular formula is C19H20N4O4. The summed E-state index contributed by atoms with van der Waals surface area (Å²) in [5.74, 6) is -0.670. The van der Waals surface area contributed by atoms with E-state index in [1.165, 1.54) is 12.1 Å². The average Bonchev–Trinajstić information content (AvgIpc) is 2.99. The molecule has 1 saturated heterocycles. The number of anilines is 1. The summed E-state index contributed by atoms with van der Waals surface area (Å²) >= 11 is 0. The number of aryl methyl sites for hydroxylation is 1. The summed E-state index contributed by atoms with van der Waals surface area (Å²) < 4.78 is 0.703. The van der Waals surface area contributed by atoms with Crippen LogP contribution < -0.4 is 9.74 Å². The molecule has 1 fully saturated rings. The van der Waals surface area contributed by atoms with Crippen LogP contribution >= 0.6 is 0 Å². The molecule has 8 heteroatoms. The zero-order chi connectivity index (χ0) is 19.0. The maximum atomic E-state index is 12.3. The summed E-state index contributed by atoms with van der Waals surface area (Å²) in [4.78, 5) is 25.7. The number of hydrogen-bond donors (Lipinski definition) is 2. The van der Waals surface area contributed by atoms with Gasteiger partial charge in [0.05, 0.1) is 5.52 Å². The molecule has 0 bridgehead atoms. The van der Waals surface area contributed by atoms with E-state index in [4.69, 9.17) is 4.84 Å². The third-order valence-corrected chi connectivity index (χ3v) is 4.67. The summed E-state index contributed by atoms with van der Waals surface area (Å²) in [6.45, 7) is 4.20. The highest BCUT2D eigenvalue weighted by Gasteiger charge is 2.25. The van der Waals surface area contributed by atoms with Crippen LogP contribution in [0.2, 0.25) is 0 Å². The average molecular weight is 368 g/mol. The number of rotatable bonds is 2. The van der Waals surface area contributed by atoms with Crippen LogP contribution in [0.1, 0.15) is 5.69 Å². The van der Waals surface area contributed by atoms with Crippen molar-refractivity contribution in [2.75, 3.05) is 31.1 Å². The molecule has 140 valence electrons. The summed E-state index contributed by atoms with van der Waals surface area (Å²) in [5.41, 5.74) is 3.00. The van der Waals surface area contributed by atoms with E-state index >= 15 is 0 Å². The number of aromatic hydroxyl groups is 2. The SMILES string of the molecule is Cc1cc(N2CCN(C(=O)On3c(O)ccc3O)CC2)c2ccccc2n1. The van der Waals surface area contributed by atoms with Gasteiger partial charge in [0.1, 0.15) is 0 Å². The smallest absolute Gasteiger partial charge is 0.434 e. The molecule has 3 aromatic rings. The quantitative estimate of drug-likeness (QED) is 0.720. The van der Waals surface area contributed by atoms with Crippen LogP contribution in [0.15, 0.2) is 42.5 Å². The van der Waals surface area contributed by atoms with Gasteiger partial charge in [-0.15, -0.1) is 4.73 Å². The van der Waals surface area contributed by atoms with Crippen LogP contribution in [0, 0.1) is 6.92 Å². The van der Waals surface area contributed by atoms with Gasteiger partial charge in [-0.05, 0) is 19.1 Å². The molecule has 0 aliphatic carbocycles. The van der Waals surface area contributed by atoms with Crippen molar-refractivity contribution in [1.82, 2.24) is 14.6 Å². The first kappa shape index (κ1) is 17.0. The fraction of sp³-hybridized carbons (Fsp3) is 0.263. The van der Waals surface area contributed by atoms with Gasteiger partial charge in [-0.1, -0.05) is 18.2 Å². The lowest BCUT2D eigenvalue weighted by Gasteiger charge is -2.36. The number of nitrogens with zero attached hydrogens (tertiary/aromatic N) is 4. The predicted octanol–water partition coefficient (Wildman–Crippen LogP) is 2.13. The number of benzene rings is 1. The van der Waals surface area contributed by atoms with Gasteiger partial charge in [-0.25, -0.2) is 4.79 Å². The van der Waals surface area contributed by atoms with Gasteiger partial charge in [0.15, 0.2) is 0 Å². The second-order valence-electron chi connectivity index (χ2n) is 6.48. The highest BCUT2D eigenvalue weighted by molar-refractivity contribution is 5.92. The Balaban J connectivity index is 1.47. The second kappa shape index (κ2) is 6.71. The molecule has 3 heterocycles. The van der Waals surface area contributed by atoms with Gasteiger partial charge in [-0.2, -0.15) is 0 Å². The molecule has 2 aromatic heterocycles. The first-order chi connectivity index (χ1) is 13.0. The molecule has 0 radical (unpaired) electrons. The minimum Gasteiger partial charge on any atom is -0.492 e. The van der Waals surface area contributed by atoms with Crippen LogP contribution in [-0.2, 0) is 0 Å². The van der Waals surface area contributed by atoms with Gasteiger partial charge in [0, 0.05) is 55.1 Å². The topological polar surface area (TPSA) is 91.1 Å². The van der Waals surface area contributed by atoms with E-state index in [1.807, 2.05) is 25.1 Å². The molecule has 1 aromatic carbocycles. The maximum Gasteiger partial charge on any atom is 0.434 e. The number of piperazine rings is 1. The lowest BCUT2D eigenvalue weighted by molar-refractivity contribution is 0.0730. The van der Waals surface area contributed by atoms with Gasteiger partial charge < -0.3 is 24.9 Å². The molecule has 0 saturated carbocycles. The number of hydrogen-bond acceptors (Lipinski definition) is 6. The second-order valence-corrected chi connectivity index (χ2v) is 6.48. The zero-order valence-electron chi connectivity index (χ0n) is 14.9. The van der Waals surface area contributed by atoms with E-state index in [2.05, 4.69) is 22.0 Å². The number of aromatic nitrogens is 2. The maximum absolute atomic E-state index is 12.3. The van der Waals surface area contributed by atoms with E-state index in [0.717, 1.165) is 22.3 Å². The predicted molar refractivity (Wildman–Crippen MR) is 100 cm³/mol. The van der Waals surface area contributed by atoms with Crippen molar-refractivity contribution in [3.63, 3.8) is 0 Å². The van der Waals surface area contributed by atoms with Gasteiger partial charge in [-0.3, -0.25) is 4.98 Å². The number of amides is 1. The molecule has 1 aliphatic heterocycles. The van der Waals surface area contributed by atoms with Crippen molar-refractivity contribution in [3.8, 4) is 11.8 Å². The van der Waals surface area contributed by atoms with Crippen molar-refractivity contribution in [3.05, 3.63) is 48.2 Å². The van der Waals surface area contributed by atoms with Gasteiger partial charge in [0.2, 0.25) is 11.8 Å². The normalized spacial score (nSPS) is 14.6. The van der Waals surface area contributed by atoms with Crippen LogP contribution in [0.3, 0.4) is 0 Å². The van der Waals surface area contributed by atoms with Gasteiger partial charge in [0.25, 0.3) is 0 Å². The van der Waals surface area contributed by atoms with Crippen molar-refractivity contribution in [2.24, 2.45) is 0 Å². The Morgan fingerprint density at radius 1 is 1.04 bits per heavy atom. The molecule has 0 spiro atoms. The molecule has 2 N–H and O–H groups in total. The Morgan fingerprint density at radius 2 is 1.70 bits per heavy atom. The van der Waals surface area contributed by atoms with Crippen molar-refractivity contribution >= 4 is 22.7 Å². The Labute approximate surface area is 155 Å². The van der Waals surface area contributed by atoms with E-state index in [-0.39, 0.29) is 11.8 Å². The third kappa shape index (κ3) is 3.21. The number of carbonyl (C=O) groups is 1. The van der Waals surface area contributed by atoms with Crippen molar-refractivity contribution < 1.29 is 19.8 Å². The van der Waals surface area contributed by atoms with Gasteiger partial charge >= 0.3 is 6.09 Å². The fourth-order valence-corrected chi connectivity index (χ4v) is 3.31. The monoisotopic (exact) mass is 368 g/mol. The third-order valence-electron chi connectivity index (χ3n) is 4.67. The molecule has 1 amide bonds. The largest absolute Gasteiger partial charge is 0.492 e. The lowest BCUT2D eigenvalue weighted by Crippen LogP contribution is -2.50. The Kier molecular flexibility index (Phi) is 4.23. The van der Waals surface area contributed by atoms with Crippen LogP contribution in [0.4, 0.5) is 10.5 Å². The van der Waals surface area contributed by atoms with E-state index < -0.39 is 6.09 Å². The van der Waals surface area contributed by atoms with E-state index in [0.29, 0.717) is 30.9 Å². The highest BCUT2D eigenvalue weighted by Crippen LogP contribution is 2.27. The number of pyridine rings is 1. The molecule has 0 unspecified atom stereocenters. The fourth-order valence-electron chi connectivity index (χ4n) is 3.31. The van der Waals surface area contributed by atoms with E-state index in [9.17, 15) is 15.0 Å². The number of carbonyl (C=O) groups excluding carboxylic acids is 1. The molecule has 4 rings (SSSR count). The number of para-hydroxylation sites is 1. The lowest BCUT2D eigenvalue weighted by atomic mass is 10.1. The molecule has 8 nitrogen and oxygen atoms in total. The first-order valence-electron chi connectivity index (χ1n) is 8.71. The molecule has 1 aliphatic rings. The zero-order valence-corrected chi connectivity index (χ0v) is 14.9. The standard InChI is InChI=1S/C19H20N4O4/c1-13-12-16(14-4-2-3-5-15(14)20-13)21-8-10-22(11-9-21)19(26)27-23-17(24)6-7-18(23)25/h2-7,12,24-25H,8-11H2,1H3. The Bertz CT molecular complexity index is 973. The minimum atomic E-state index is -0.618. The van der Waals surface area contributed by atoms with Crippen LogP contribution in [-0.4, -0.2) is 57.1 Å². The molecule has 27 heavy (non-hydrogen) atoms. The van der Waals surface area contributed by atoms with Crippen molar-refractivity contribution in [1.29, 1.82) is 0 Å². The van der Waals surface area contributed by atoms with E-state index in [1.54, 1.807) is 4.90 Å². The first-order valence-corrected chi connectivity index (χ1v) is 8.71.